The average molecular weight is 288 g/mol. The Hall–Kier alpha value is -1.77. The standard InChI is InChI=1S/C18H24O3/c1-17(2)10-13(11-18(3,4)15(17)16(19)20)12-6-8-14(21-5)9-7-12/h6-10,15H,11H2,1-5H3,(H,19,20)/t15-/m1/s1. The molecule has 3 heteroatoms. The van der Waals surface area contributed by atoms with Gasteiger partial charge in [-0.2, -0.15) is 0 Å². The van der Waals surface area contributed by atoms with Crippen LogP contribution in [0.2, 0.25) is 0 Å². The van der Waals surface area contributed by atoms with E-state index in [0.29, 0.717) is 0 Å². The van der Waals surface area contributed by atoms with Gasteiger partial charge in [-0.1, -0.05) is 45.9 Å². The highest BCUT2D eigenvalue weighted by molar-refractivity contribution is 5.77. The van der Waals surface area contributed by atoms with Gasteiger partial charge in [0.1, 0.15) is 5.75 Å². The lowest BCUT2D eigenvalue weighted by molar-refractivity contribution is -0.150. The normalized spacial score (nSPS) is 23.3. The van der Waals surface area contributed by atoms with Crippen LogP contribution < -0.4 is 4.74 Å². The second-order valence-corrected chi connectivity index (χ2v) is 7.16. The van der Waals surface area contributed by atoms with E-state index in [-0.39, 0.29) is 16.7 Å². The summed E-state index contributed by atoms with van der Waals surface area (Å²) in [7, 11) is 1.65. The summed E-state index contributed by atoms with van der Waals surface area (Å²) in [4.78, 5) is 11.7. The number of benzene rings is 1. The first-order chi connectivity index (χ1) is 9.67. The van der Waals surface area contributed by atoms with Gasteiger partial charge in [-0.15, -0.1) is 0 Å². The number of carboxylic acid groups (broad SMARTS) is 1. The fourth-order valence-electron chi connectivity index (χ4n) is 3.83. The molecule has 0 fully saturated rings. The zero-order valence-electron chi connectivity index (χ0n) is 13.4. The zero-order valence-corrected chi connectivity index (χ0v) is 13.4. The van der Waals surface area contributed by atoms with Crippen molar-refractivity contribution in [3.05, 3.63) is 35.9 Å². The highest BCUT2D eigenvalue weighted by atomic mass is 16.5. The summed E-state index contributed by atoms with van der Waals surface area (Å²) in [6.45, 7) is 8.11. The molecule has 0 radical (unpaired) electrons. The van der Waals surface area contributed by atoms with E-state index in [1.807, 2.05) is 52.0 Å². The molecular formula is C18H24O3. The molecule has 0 unspecified atom stereocenters. The summed E-state index contributed by atoms with van der Waals surface area (Å²) in [6.07, 6.45) is 2.89. The van der Waals surface area contributed by atoms with E-state index in [2.05, 4.69) is 6.08 Å². The number of methoxy groups -OCH3 is 1. The lowest BCUT2D eigenvalue weighted by atomic mass is 9.58. The largest absolute Gasteiger partial charge is 0.497 e. The third-order valence-corrected chi connectivity index (χ3v) is 4.43. The molecule has 1 aromatic carbocycles. The summed E-state index contributed by atoms with van der Waals surface area (Å²) in [5, 5.41) is 9.59. The van der Waals surface area contributed by atoms with Crippen molar-refractivity contribution in [2.24, 2.45) is 16.7 Å². The van der Waals surface area contributed by atoms with Crippen molar-refractivity contribution in [2.75, 3.05) is 7.11 Å². The predicted octanol–water partition coefficient (Wildman–Crippen LogP) is 4.24. The van der Waals surface area contributed by atoms with Crippen LogP contribution in [0.1, 0.15) is 39.7 Å². The number of hydrogen-bond donors (Lipinski definition) is 1. The molecule has 1 aliphatic rings. The van der Waals surface area contributed by atoms with Crippen molar-refractivity contribution in [1.82, 2.24) is 0 Å². The SMILES string of the molecule is COc1ccc(C2=CC(C)(C)[C@@H](C(=O)O)C(C)(C)C2)cc1. The van der Waals surface area contributed by atoms with Crippen molar-refractivity contribution in [3.63, 3.8) is 0 Å². The third-order valence-electron chi connectivity index (χ3n) is 4.43. The Bertz CT molecular complexity index is 565. The van der Waals surface area contributed by atoms with E-state index in [9.17, 15) is 9.90 Å². The van der Waals surface area contributed by atoms with Crippen molar-refractivity contribution in [1.29, 1.82) is 0 Å². The molecule has 0 saturated carbocycles. The smallest absolute Gasteiger partial charge is 0.307 e. The van der Waals surface area contributed by atoms with Gasteiger partial charge in [0.05, 0.1) is 13.0 Å². The van der Waals surface area contributed by atoms with Crippen LogP contribution in [0.15, 0.2) is 30.3 Å². The Morgan fingerprint density at radius 3 is 2.19 bits per heavy atom. The van der Waals surface area contributed by atoms with E-state index in [4.69, 9.17) is 4.74 Å². The van der Waals surface area contributed by atoms with Crippen LogP contribution in [-0.4, -0.2) is 18.2 Å². The molecule has 3 nitrogen and oxygen atoms in total. The quantitative estimate of drug-likeness (QED) is 0.905. The van der Waals surface area contributed by atoms with Crippen molar-refractivity contribution in [2.45, 2.75) is 34.1 Å². The monoisotopic (exact) mass is 288 g/mol. The Morgan fingerprint density at radius 1 is 1.19 bits per heavy atom. The third kappa shape index (κ3) is 2.97. The summed E-state index contributed by atoms with van der Waals surface area (Å²) in [5.74, 6) is -0.265. The van der Waals surface area contributed by atoms with Crippen LogP contribution in [0, 0.1) is 16.7 Å². The molecule has 0 spiro atoms. The summed E-state index contributed by atoms with van der Waals surface area (Å²) in [5.41, 5.74) is 1.70. The lowest BCUT2D eigenvalue weighted by Crippen LogP contribution is -2.43. The molecule has 0 saturated heterocycles. The number of allylic oxidation sites excluding steroid dienone is 2. The minimum atomic E-state index is -0.713. The summed E-state index contributed by atoms with van der Waals surface area (Å²) in [6, 6.07) is 7.97. The number of rotatable bonds is 3. The van der Waals surface area contributed by atoms with Crippen molar-refractivity contribution < 1.29 is 14.6 Å². The van der Waals surface area contributed by atoms with Gasteiger partial charge < -0.3 is 9.84 Å². The maximum Gasteiger partial charge on any atom is 0.307 e. The van der Waals surface area contributed by atoms with E-state index in [1.165, 1.54) is 5.57 Å². The Labute approximate surface area is 126 Å². The van der Waals surface area contributed by atoms with Gasteiger partial charge in [0.2, 0.25) is 0 Å². The highest BCUT2D eigenvalue weighted by Crippen LogP contribution is 2.52. The van der Waals surface area contributed by atoms with Gasteiger partial charge in [-0.05, 0) is 40.5 Å². The van der Waals surface area contributed by atoms with Gasteiger partial charge in [-0.3, -0.25) is 4.79 Å². The van der Waals surface area contributed by atoms with E-state index >= 15 is 0 Å². The molecule has 0 heterocycles. The fraction of sp³-hybridized carbons (Fsp3) is 0.500. The number of hydrogen-bond acceptors (Lipinski definition) is 2. The molecule has 1 aliphatic carbocycles. The minimum absolute atomic E-state index is 0.278. The number of carboxylic acids is 1. The second-order valence-electron chi connectivity index (χ2n) is 7.16. The zero-order chi connectivity index (χ0) is 15.8. The molecule has 1 N–H and O–H groups in total. The Kier molecular flexibility index (Phi) is 3.87. The molecule has 0 aliphatic heterocycles. The maximum atomic E-state index is 11.7. The fourth-order valence-corrected chi connectivity index (χ4v) is 3.83. The number of aliphatic carboxylic acids is 1. The Morgan fingerprint density at radius 2 is 1.76 bits per heavy atom. The Balaban J connectivity index is 2.44. The highest BCUT2D eigenvalue weighted by Gasteiger charge is 2.48. The van der Waals surface area contributed by atoms with E-state index in [0.717, 1.165) is 17.7 Å². The molecule has 2 rings (SSSR count). The first-order valence-corrected chi connectivity index (χ1v) is 7.26. The van der Waals surface area contributed by atoms with Crippen LogP contribution in [0.25, 0.3) is 5.57 Å². The predicted molar refractivity (Wildman–Crippen MR) is 84.3 cm³/mol. The van der Waals surface area contributed by atoms with Crippen LogP contribution in [0.4, 0.5) is 0 Å². The first kappa shape index (κ1) is 15.6. The van der Waals surface area contributed by atoms with Gasteiger partial charge in [-0.25, -0.2) is 0 Å². The van der Waals surface area contributed by atoms with Crippen LogP contribution >= 0.6 is 0 Å². The maximum absolute atomic E-state index is 11.7. The molecule has 1 atom stereocenters. The van der Waals surface area contributed by atoms with Gasteiger partial charge in [0.25, 0.3) is 0 Å². The van der Waals surface area contributed by atoms with Crippen LogP contribution in [0.5, 0.6) is 5.75 Å². The molecule has 0 bridgehead atoms. The molecule has 21 heavy (non-hydrogen) atoms. The van der Waals surface area contributed by atoms with Crippen LogP contribution in [0.3, 0.4) is 0 Å². The topological polar surface area (TPSA) is 46.5 Å². The van der Waals surface area contributed by atoms with Crippen molar-refractivity contribution in [3.8, 4) is 5.75 Å². The number of carbonyl (C=O) groups is 1. The molecule has 0 amide bonds. The number of ether oxygens (including phenoxy) is 1. The summed E-state index contributed by atoms with van der Waals surface area (Å²) >= 11 is 0. The second kappa shape index (κ2) is 5.21. The molecular weight excluding hydrogens is 264 g/mol. The molecule has 1 aromatic rings. The summed E-state index contributed by atoms with van der Waals surface area (Å²) < 4.78 is 5.19. The van der Waals surface area contributed by atoms with Crippen molar-refractivity contribution >= 4 is 11.5 Å². The van der Waals surface area contributed by atoms with Crippen LogP contribution in [-0.2, 0) is 4.79 Å². The molecule has 114 valence electrons. The average Bonchev–Trinajstić information content (AvgIpc) is 2.35. The first-order valence-electron chi connectivity index (χ1n) is 7.26. The van der Waals surface area contributed by atoms with Gasteiger partial charge in [0, 0.05) is 0 Å². The van der Waals surface area contributed by atoms with Gasteiger partial charge >= 0.3 is 5.97 Å². The molecule has 0 aromatic heterocycles. The minimum Gasteiger partial charge on any atom is -0.497 e. The van der Waals surface area contributed by atoms with Gasteiger partial charge in [0.15, 0.2) is 0 Å². The van der Waals surface area contributed by atoms with E-state index < -0.39 is 5.97 Å². The lowest BCUT2D eigenvalue weighted by Gasteiger charge is -2.45. The van der Waals surface area contributed by atoms with E-state index in [1.54, 1.807) is 7.11 Å².